The fraction of sp³-hybridized carbons (Fsp3) is 0.125. The first-order valence-electron chi connectivity index (χ1n) is 6.75. The van der Waals surface area contributed by atoms with Gasteiger partial charge in [-0.15, -0.1) is 28.3 Å². The maximum absolute atomic E-state index is 12.1. The third kappa shape index (κ3) is 4.59. The van der Waals surface area contributed by atoms with Crippen LogP contribution in [0.5, 0.6) is 0 Å². The third-order valence-electron chi connectivity index (χ3n) is 3.39. The van der Waals surface area contributed by atoms with Gasteiger partial charge < -0.3 is 4.57 Å². The van der Waals surface area contributed by atoms with Gasteiger partial charge in [0.2, 0.25) is 5.78 Å². The summed E-state index contributed by atoms with van der Waals surface area (Å²) in [7, 11) is 1.72. The highest BCUT2D eigenvalue weighted by Gasteiger charge is 2.33. The lowest BCUT2D eigenvalue weighted by molar-refractivity contribution is 0.0988. The SMILES string of the molecule is Br.Cn1cc(-c2csc(-c3ccc(Cl)cc3)n2)cc1C(=O)C(Cl)(Cl)Cl. The van der Waals surface area contributed by atoms with Crippen LogP contribution in [-0.4, -0.2) is 19.1 Å². The van der Waals surface area contributed by atoms with Gasteiger partial charge in [0, 0.05) is 34.8 Å². The molecule has 0 aliphatic heterocycles. The first-order valence-corrected chi connectivity index (χ1v) is 9.14. The van der Waals surface area contributed by atoms with Crippen molar-refractivity contribution in [1.29, 1.82) is 0 Å². The molecule has 0 fully saturated rings. The highest BCUT2D eigenvalue weighted by atomic mass is 79.9. The lowest BCUT2D eigenvalue weighted by Crippen LogP contribution is -2.21. The minimum Gasteiger partial charge on any atom is -0.347 e. The smallest absolute Gasteiger partial charge is 0.255 e. The van der Waals surface area contributed by atoms with Crippen LogP contribution in [0.15, 0.2) is 41.9 Å². The zero-order valence-corrected chi connectivity index (χ0v) is 18.2. The quantitative estimate of drug-likeness (QED) is 0.300. The van der Waals surface area contributed by atoms with Crippen LogP contribution >= 0.6 is 74.7 Å². The van der Waals surface area contributed by atoms with Crippen molar-refractivity contribution in [2.24, 2.45) is 7.05 Å². The number of halogens is 5. The monoisotopic (exact) mass is 498 g/mol. The van der Waals surface area contributed by atoms with E-state index in [0.717, 1.165) is 21.8 Å². The number of nitrogens with zero attached hydrogens (tertiary/aromatic N) is 2. The Labute approximate surface area is 179 Å². The van der Waals surface area contributed by atoms with Crippen LogP contribution in [0.3, 0.4) is 0 Å². The summed E-state index contributed by atoms with van der Waals surface area (Å²) in [5, 5.41) is 3.45. The van der Waals surface area contributed by atoms with Gasteiger partial charge in [-0.05, 0) is 18.2 Å². The summed E-state index contributed by atoms with van der Waals surface area (Å²) < 4.78 is -0.360. The van der Waals surface area contributed by atoms with Crippen molar-refractivity contribution in [1.82, 2.24) is 9.55 Å². The average Bonchev–Trinajstić information content (AvgIpc) is 3.13. The summed E-state index contributed by atoms with van der Waals surface area (Å²) in [6.07, 6.45) is 1.78. The predicted octanol–water partition coefficient (Wildman–Crippen LogP) is 6.60. The molecule has 132 valence electrons. The fourth-order valence-corrected chi connectivity index (χ4v) is 3.46. The molecule has 0 atom stereocenters. The first kappa shape index (κ1) is 20.7. The van der Waals surface area contributed by atoms with E-state index in [9.17, 15) is 4.79 Å². The normalized spacial score (nSPS) is 11.2. The van der Waals surface area contributed by atoms with Gasteiger partial charge in [0.1, 0.15) is 5.01 Å². The molecule has 9 heteroatoms. The Morgan fingerprint density at radius 1 is 1.16 bits per heavy atom. The number of ketones is 1. The lowest BCUT2D eigenvalue weighted by atomic mass is 10.2. The van der Waals surface area contributed by atoms with Crippen LogP contribution < -0.4 is 0 Å². The van der Waals surface area contributed by atoms with Crippen molar-refractivity contribution >= 4 is 80.5 Å². The van der Waals surface area contributed by atoms with Crippen molar-refractivity contribution in [2.45, 2.75) is 3.79 Å². The Morgan fingerprint density at radius 3 is 2.40 bits per heavy atom. The summed E-state index contributed by atoms with van der Waals surface area (Å²) in [4.78, 5) is 16.8. The molecule has 2 aromatic heterocycles. The van der Waals surface area contributed by atoms with Gasteiger partial charge >= 0.3 is 0 Å². The molecule has 0 bridgehead atoms. The van der Waals surface area contributed by atoms with E-state index in [1.807, 2.05) is 29.6 Å². The van der Waals surface area contributed by atoms with Crippen LogP contribution in [0.4, 0.5) is 0 Å². The van der Waals surface area contributed by atoms with Gasteiger partial charge in [0.05, 0.1) is 11.4 Å². The second kappa shape index (κ2) is 7.99. The minimum absolute atomic E-state index is 0. The molecule has 0 radical (unpaired) electrons. The van der Waals surface area contributed by atoms with Gasteiger partial charge in [-0.2, -0.15) is 0 Å². The topological polar surface area (TPSA) is 34.9 Å². The molecule has 3 aromatic rings. The van der Waals surface area contributed by atoms with Crippen LogP contribution in [0.1, 0.15) is 10.5 Å². The molecule has 0 unspecified atom stereocenters. The van der Waals surface area contributed by atoms with Crippen LogP contribution in [0, 0.1) is 0 Å². The van der Waals surface area contributed by atoms with E-state index in [2.05, 4.69) is 4.98 Å². The number of carbonyl (C=O) groups excluding carboxylic acids is 1. The Hall–Kier alpha value is -0.560. The van der Waals surface area contributed by atoms with E-state index >= 15 is 0 Å². The van der Waals surface area contributed by atoms with E-state index in [0.29, 0.717) is 10.7 Å². The first-order chi connectivity index (χ1) is 11.3. The Balaban J connectivity index is 0.00000225. The number of Topliss-reactive ketones (excluding diaryl/α,β-unsaturated/α-hetero) is 1. The standard InChI is InChI=1S/C16H10Cl4N2OS.BrH/c1-22-7-10(6-13(22)14(23)16(18,19)20)12-8-24-15(21-12)9-2-4-11(17)5-3-9;/h2-8H,1H3;1H. The largest absolute Gasteiger partial charge is 0.347 e. The van der Waals surface area contributed by atoms with E-state index < -0.39 is 9.58 Å². The van der Waals surface area contributed by atoms with Gasteiger partial charge in [0.15, 0.2) is 0 Å². The maximum Gasteiger partial charge on any atom is 0.255 e. The molecule has 3 nitrogen and oxygen atoms in total. The number of hydrogen-bond acceptors (Lipinski definition) is 3. The van der Waals surface area contributed by atoms with Crippen LogP contribution in [-0.2, 0) is 7.05 Å². The van der Waals surface area contributed by atoms with Crippen molar-refractivity contribution in [2.75, 3.05) is 0 Å². The summed E-state index contributed by atoms with van der Waals surface area (Å²) in [5.41, 5.74) is 2.82. The third-order valence-corrected chi connectivity index (χ3v) is 5.04. The molecule has 0 amide bonds. The molecule has 0 saturated heterocycles. The zero-order valence-electron chi connectivity index (χ0n) is 12.7. The summed E-state index contributed by atoms with van der Waals surface area (Å²) in [5.74, 6) is -0.575. The van der Waals surface area contributed by atoms with Gasteiger partial charge in [-0.3, -0.25) is 4.79 Å². The Bertz CT molecular complexity index is 900. The van der Waals surface area contributed by atoms with Crippen LogP contribution in [0.25, 0.3) is 21.8 Å². The average molecular weight is 501 g/mol. The molecular weight excluding hydrogens is 490 g/mol. The Kier molecular flexibility index (Phi) is 6.63. The van der Waals surface area contributed by atoms with Gasteiger partial charge in [-0.1, -0.05) is 58.5 Å². The molecule has 25 heavy (non-hydrogen) atoms. The summed E-state index contributed by atoms with van der Waals surface area (Å²) in [6.45, 7) is 0. The van der Waals surface area contributed by atoms with E-state index in [4.69, 9.17) is 46.4 Å². The molecule has 3 rings (SSSR count). The van der Waals surface area contributed by atoms with E-state index in [1.165, 1.54) is 11.3 Å². The number of thiazole rings is 1. The highest BCUT2D eigenvalue weighted by Crippen LogP contribution is 2.34. The Morgan fingerprint density at radius 2 is 1.80 bits per heavy atom. The maximum atomic E-state index is 12.1. The number of hydrogen-bond donors (Lipinski definition) is 0. The van der Waals surface area contributed by atoms with Crippen molar-refractivity contribution < 1.29 is 4.79 Å². The molecule has 0 spiro atoms. The molecular formula is C16H11BrCl4N2OS. The van der Waals surface area contributed by atoms with Gasteiger partial charge in [0.25, 0.3) is 3.79 Å². The fourth-order valence-electron chi connectivity index (χ4n) is 2.21. The molecule has 0 saturated carbocycles. The summed E-state index contributed by atoms with van der Waals surface area (Å²) >= 11 is 24.5. The minimum atomic E-state index is -1.99. The number of rotatable bonds is 3. The second-order valence-corrected chi connectivity index (χ2v) is 8.67. The molecule has 1 aromatic carbocycles. The lowest BCUT2D eigenvalue weighted by Gasteiger charge is -2.09. The van der Waals surface area contributed by atoms with Crippen molar-refractivity contribution in [3.63, 3.8) is 0 Å². The molecule has 0 aliphatic carbocycles. The number of benzene rings is 1. The molecule has 0 aliphatic rings. The number of alkyl halides is 3. The van der Waals surface area contributed by atoms with E-state index in [1.54, 1.807) is 23.9 Å². The van der Waals surface area contributed by atoms with Gasteiger partial charge in [-0.25, -0.2) is 4.98 Å². The predicted molar refractivity (Wildman–Crippen MR) is 112 cm³/mol. The molecule has 0 N–H and O–H groups in total. The second-order valence-electron chi connectivity index (χ2n) is 5.10. The van der Waals surface area contributed by atoms with Crippen LogP contribution in [0.2, 0.25) is 5.02 Å². The van der Waals surface area contributed by atoms with Crippen molar-refractivity contribution in [3.05, 3.63) is 52.6 Å². The highest BCUT2D eigenvalue weighted by molar-refractivity contribution is 8.93. The van der Waals surface area contributed by atoms with E-state index in [-0.39, 0.29) is 17.0 Å². The zero-order chi connectivity index (χ0) is 17.5. The number of aromatic nitrogens is 2. The number of aryl methyl sites for hydroxylation is 1. The number of carbonyl (C=O) groups is 1. The van der Waals surface area contributed by atoms with Crippen molar-refractivity contribution in [3.8, 4) is 21.8 Å². The summed E-state index contributed by atoms with van der Waals surface area (Å²) in [6, 6.07) is 9.13. The molecule has 2 heterocycles.